The molecule has 0 spiro atoms. The summed E-state index contributed by atoms with van der Waals surface area (Å²) in [4.78, 5) is 11.2. The fraction of sp³-hybridized carbons (Fsp3) is 0.417. The number of nitrogens with one attached hydrogen (secondary N) is 1. The average molecular weight is 223 g/mol. The molecule has 0 aromatic heterocycles. The van der Waals surface area contributed by atoms with E-state index in [-0.39, 0.29) is 5.91 Å². The summed E-state index contributed by atoms with van der Waals surface area (Å²) in [5.74, 6) is 0.347. The number of aliphatic hydroxyl groups excluding tert-OH is 1. The van der Waals surface area contributed by atoms with Crippen molar-refractivity contribution < 1.29 is 14.6 Å². The summed E-state index contributed by atoms with van der Waals surface area (Å²) in [6.45, 7) is 3.76. The van der Waals surface area contributed by atoms with Crippen LogP contribution in [0.15, 0.2) is 18.2 Å². The summed E-state index contributed by atoms with van der Waals surface area (Å²) < 4.78 is 5.18. The number of methoxy groups -OCH3 is 1. The van der Waals surface area contributed by atoms with Crippen molar-refractivity contribution in [2.75, 3.05) is 7.11 Å². The van der Waals surface area contributed by atoms with Crippen molar-refractivity contribution in [3.8, 4) is 5.75 Å². The van der Waals surface area contributed by atoms with Crippen molar-refractivity contribution in [2.24, 2.45) is 0 Å². The third-order valence-electron chi connectivity index (χ3n) is 2.27. The van der Waals surface area contributed by atoms with Gasteiger partial charge in [0.1, 0.15) is 11.9 Å². The van der Waals surface area contributed by atoms with E-state index in [1.807, 2.05) is 25.1 Å². The number of benzene rings is 1. The van der Waals surface area contributed by atoms with Crippen LogP contribution in [0, 0.1) is 6.92 Å². The molecule has 1 atom stereocenters. The first kappa shape index (κ1) is 12.5. The lowest BCUT2D eigenvalue weighted by Crippen LogP contribution is -2.32. The van der Waals surface area contributed by atoms with Gasteiger partial charge in [-0.1, -0.05) is 17.7 Å². The molecule has 0 bridgehead atoms. The van der Waals surface area contributed by atoms with Crippen molar-refractivity contribution in [3.05, 3.63) is 29.3 Å². The molecule has 0 aliphatic rings. The Morgan fingerprint density at radius 3 is 2.81 bits per heavy atom. The second-order valence-corrected chi connectivity index (χ2v) is 3.71. The quantitative estimate of drug-likeness (QED) is 0.800. The van der Waals surface area contributed by atoms with E-state index in [0.29, 0.717) is 6.54 Å². The molecule has 0 aliphatic heterocycles. The first-order valence-electron chi connectivity index (χ1n) is 5.14. The normalized spacial score (nSPS) is 12.0. The fourth-order valence-electron chi connectivity index (χ4n) is 1.38. The highest BCUT2D eigenvalue weighted by Crippen LogP contribution is 2.19. The highest BCUT2D eigenvalue weighted by Gasteiger charge is 2.09. The molecular formula is C12H17NO3. The van der Waals surface area contributed by atoms with Gasteiger partial charge in [-0.2, -0.15) is 0 Å². The Kier molecular flexibility index (Phi) is 4.31. The molecule has 4 nitrogen and oxygen atoms in total. The van der Waals surface area contributed by atoms with E-state index >= 15 is 0 Å². The minimum Gasteiger partial charge on any atom is -0.496 e. The van der Waals surface area contributed by atoms with Crippen LogP contribution in [-0.4, -0.2) is 24.2 Å². The Morgan fingerprint density at radius 2 is 2.25 bits per heavy atom. The SMILES string of the molecule is COc1ccc(C)cc1CNC(=O)C(C)O. The topological polar surface area (TPSA) is 58.6 Å². The monoisotopic (exact) mass is 223 g/mol. The second kappa shape index (κ2) is 5.51. The lowest BCUT2D eigenvalue weighted by atomic mass is 10.1. The minimum absolute atomic E-state index is 0.356. The molecule has 0 saturated carbocycles. The van der Waals surface area contributed by atoms with Gasteiger partial charge in [-0.05, 0) is 19.9 Å². The largest absolute Gasteiger partial charge is 0.496 e. The number of carbonyl (C=O) groups excluding carboxylic acids is 1. The third kappa shape index (κ3) is 3.24. The molecule has 0 aliphatic carbocycles. The molecule has 16 heavy (non-hydrogen) atoms. The van der Waals surface area contributed by atoms with E-state index in [1.54, 1.807) is 7.11 Å². The first-order chi connectivity index (χ1) is 7.54. The van der Waals surface area contributed by atoms with Crippen LogP contribution in [0.25, 0.3) is 0 Å². The van der Waals surface area contributed by atoms with Crippen LogP contribution < -0.4 is 10.1 Å². The van der Waals surface area contributed by atoms with Crippen molar-refractivity contribution in [3.63, 3.8) is 0 Å². The zero-order valence-corrected chi connectivity index (χ0v) is 9.78. The molecule has 1 amide bonds. The molecule has 0 heterocycles. The predicted molar refractivity (Wildman–Crippen MR) is 61.3 cm³/mol. The number of rotatable bonds is 4. The Bertz CT molecular complexity index is 375. The molecule has 88 valence electrons. The summed E-state index contributed by atoms with van der Waals surface area (Å²) in [5.41, 5.74) is 2.00. The van der Waals surface area contributed by atoms with Crippen LogP contribution in [0.2, 0.25) is 0 Å². The zero-order chi connectivity index (χ0) is 12.1. The van der Waals surface area contributed by atoms with Gasteiger partial charge in [-0.15, -0.1) is 0 Å². The number of carbonyl (C=O) groups is 1. The van der Waals surface area contributed by atoms with E-state index < -0.39 is 6.10 Å². The molecular weight excluding hydrogens is 206 g/mol. The summed E-state index contributed by atoms with van der Waals surface area (Å²) in [6.07, 6.45) is -0.990. The van der Waals surface area contributed by atoms with Crippen molar-refractivity contribution in [1.29, 1.82) is 0 Å². The lowest BCUT2D eigenvalue weighted by Gasteiger charge is -2.11. The molecule has 4 heteroatoms. The fourth-order valence-corrected chi connectivity index (χ4v) is 1.38. The Hall–Kier alpha value is -1.55. The van der Waals surface area contributed by atoms with Crippen molar-refractivity contribution in [2.45, 2.75) is 26.5 Å². The second-order valence-electron chi connectivity index (χ2n) is 3.71. The number of aryl methyl sites for hydroxylation is 1. The summed E-state index contributed by atoms with van der Waals surface area (Å²) in [6, 6.07) is 5.75. The number of ether oxygens (including phenoxy) is 1. The van der Waals surface area contributed by atoms with Gasteiger partial charge in [0, 0.05) is 12.1 Å². The van der Waals surface area contributed by atoms with Gasteiger partial charge in [0.05, 0.1) is 7.11 Å². The lowest BCUT2D eigenvalue weighted by molar-refractivity contribution is -0.128. The standard InChI is InChI=1S/C12H17NO3/c1-8-4-5-11(16-3)10(6-8)7-13-12(15)9(2)14/h4-6,9,14H,7H2,1-3H3,(H,13,15). The molecule has 1 rings (SSSR count). The molecule has 0 fully saturated rings. The number of hydrogen-bond donors (Lipinski definition) is 2. The highest BCUT2D eigenvalue weighted by atomic mass is 16.5. The molecule has 0 saturated heterocycles. The maximum atomic E-state index is 11.2. The van der Waals surface area contributed by atoms with E-state index in [4.69, 9.17) is 9.84 Å². The van der Waals surface area contributed by atoms with Crippen molar-refractivity contribution in [1.82, 2.24) is 5.32 Å². The van der Waals surface area contributed by atoms with Crippen LogP contribution in [0.5, 0.6) is 5.75 Å². The predicted octanol–water partition coefficient (Wildman–Crippen LogP) is 1.00. The summed E-state index contributed by atoms with van der Waals surface area (Å²) in [7, 11) is 1.59. The molecule has 1 aromatic carbocycles. The average Bonchev–Trinajstić information content (AvgIpc) is 2.25. The van der Waals surface area contributed by atoms with Gasteiger partial charge in [0.25, 0.3) is 0 Å². The van der Waals surface area contributed by atoms with E-state index in [0.717, 1.165) is 16.9 Å². The van der Waals surface area contributed by atoms with E-state index in [9.17, 15) is 4.79 Å². The van der Waals surface area contributed by atoms with E-state index in [1.165, 1.54) is 6.92 Å². The van der Waals surface area contributed by atoms with Gasteiger partial charge in [-0.3, -0.25) is 4.79 Å². The minimum atomic E-state index is -0.990. The molecule has 1 aromatic rings. The third-order valence-corrected chi connectivity index (χ3v) is 2.27. The van der Waals surface area contributed by atoms with E-state index in [2.05, 4.69) is 5.32 Å². The maximum Gasteiger partial charge on any atom is 0.248 e. The number of aliphatic hydroxyl groups is 1. The Labute approximate surface area is 95.2 Å². The van der Waals surface area contributed by atoms with Crippen LogP contribution in [0.4, 0.5) is 0 Å². The van der Waals surface area contributed by atoms with Gasteiger partial charge in [-0.25, -0.2) is 0 Å². The van der Waals surface area contributed by atoms with Crippen LogP contribution >= 0.6 is 0 Å². The van der Waals surface area contributed by atoms with Gasteiger partial charge in [0.2, 0.25) is 5.91 Å². The Morgan fingerprint density at radius 1 is 1.56 bits per heavy atom. The van der Waals surface area contributed by atoms with Gasteiger partial charge in [0.15, 0.2) is 0 Å². The highest BCUT2D eigenvalue weighted by molar-refractivity contribution is 5.80. The van der Waals surface area contributed by atoms with Gasteiger partial charge >= 0.3 is 0 Å². The smallest absolute Gasteiger partial charge is 0.248 e. The number of hydrogen-bond acceptors (Lipinski definition) is 3. The maximum absolute atomic E-state index is 11.2. The first-order valence-corrected chi connectivity index (χ1v) is 5.14. The molecule has 0 radical (unpaired) electrons. The zero-order valence-electron chi connectivity index (χ0n) is 9.78. The molecule has 2 N–H and O–H groups in total. The summed E-state index contributed by atoms with van der Waals surface area (Å²) in [5, 5.41) is 11.7. The van der Waals surface area contributed by atoms with Gasteiger partial charge < -0.3 is 15.2 Å². The van der Waals surface area contributed by atoms with Crippen LogP contribution in [0.1, 0.15) is 18.1 Å². The Balaban J connectivity index is 2.72. The summed E-state index contributed by atoms with van der Waals surface area (Å²) >= 11 is 0. The molecule has 1 unspecified atom stereocenters. The van der Waals surface area contributed by atoms with Crippen LogP contribution in [0.3, 0.4) is 0 Å². The van der Waals surface area contributed by atoms with Crippen LogP contribution in [-0.2, 0) is 11.3 Å². The van der Waals surface area contributed by atoms with Crippen molar-refractivity contribution >= 4 is 5.91 Å². The number of amides is 1.